The van der Waals surface area contributed by atoms with Crippen molar-refractivity contribution in [2.45, 2.75) is 171 Å². The molecular formula is C41H56O4Si2. The average Bonchev–Trinajstić information content (AvgIpc) is 3.14. The third kappa shape index (κ3) is 9.50. The van der Waals surface area contributed by atoms with Crippen molar-refractivity contribution < 1.29 is 18.4 Å². The molecule has 4 radical (unpaired) electrons. The van der Waals surface area contributed by atoms with E-state index in [2.05, 4.69) is 36.4 Å². The fourth-order valence-electron chi connectivity index (χ4n) is 9.28. The van der Waals surface area contributed by atoms with Crippen LogP contribution in [0, 0.1) is 0 Å². The van der Waals surface area contributed by atoms with Crippen molar-refractivity contribution in [1.82, 2.24) is 0 Å². The van der Waals surface area contributed by atoms with Gasteiger partial charge in [0.05, 0.1) is 0 Å². The highest BCUT2D eigenvalue weighted by Crippen LogP contribution is 2.41. The Morgan fingerprint density at radius 2 is 0.830 bits per heavy atom. The number of hydrogen-bond donors (Lipinski definition) is 0. The van der Waals surface area contributed by atoms with Crippen LogP contribution in [-0.2, 0) is 18.4 Å². The molecule has 4 aliphatic carbocycles. The molecule has 0 aromatic heterocycles. The van der Waals surface area contributed by atoms with E-state index in [1.165, 1.54) is 161 Å². The summed E-state index contributed by atoms with van der Waals surface area (Å²) in [5.74, 6) is 2.11. The number of hydrogen-bond acceptors (Lipinski definition) is 4. The van der Waals surface area contributed by atoms with Crippen LogP contribution < -0.4 is 10.4 Å². The van der Waals surface area contributed by atoms with Gasteiger partial charge in [0.15, 0.2) is 0 Å². The number of rotatable bonds is 12. The Labute approximate surface area is 289 Å². The van der Waals surface area contributed by atoms with E-state index >= 15 is 0 Å². The molecular weight excluding hydrogens is 613 g/mol. The zero-order valence-corrected chi connectivity index (χ0v) is 30.7. The fourth-order valence-corrected chi connectivity index (χ4v) is 11.2. The molecule has 4 fully saturated rings. The van der Waals surface area contributed by atoms with Gasteiger partial charge in [-0.25, -0.2) is 0 Å². The lowest BCUT2D eigenvalue weighted by Gasteiger charge is -2.31. The molecule has 47 heavy (non-hydrogen) atoms. The summed E-state index contributed by atoms with van der Waals surface area (Å²) >= 11 is 0. The molecule has 4 nitrogen and oxygen atoms in total. The smallest absolute Gasteiger partial charge is 0.355 e. The zero-order valence-electron chi connectivity index (χ0n) is 28.7. The number of carbonyl (C=O) groups excluding carboxylic acids is 2. The molecule has 0 unspecified atom stereocenters. The zero-order chi connectivity index (χ0) is 32.3. The van der Waals surface area contributed by atoms with Crippen LogP contribution in [0.25, 0.3) is 0 Å². The van der Waals surface area contributed by atoms with Crippen LogP contribution >= 0.6 is 0 Å². The van der Waals surface area contributed by atoms with Gasteiger partial charge in [0.25, 0.3) is 11.9 Å². The van der Waals surface area contributed by atoms with E-state index in [0.29, 0.717) is 30.1 Å². The summed E-state index contributed by atoms with van der Waals surface area (Å²) in [5, 5.41) is 2.47. The Morgan fingerprint density at radius 3 is 1.19 bits per heavy atom. The first kappa shape index (κ1) is 34.7. The molecule has 6 heteroatoms. The Kier molecular flexibility index (Phi) is 13.3. The van der Waals surface area contributed by atoms with Crippen molar-refractivity contribution in [3.05, 3.63) is 58.7 Å². The van der Waals surface area contributed by atoms with Gasteiger partial charge in [-0.2, -0.15) is 0 Å². The maximum atomic E-state index is 12.9. The van der Waals surface area contributed by atoms with E-state index in [4.69, 9.17) is 8.85 Å². The minimum atomic E-state index is -0.198. The molecule has 0 saturated heterocycles. The standard InChI is InChI=1S/C41H56O4Si2/c42-38(44-46-36-26-13-24-34(30-16-5-1-6-17-30)40(36)32-20-9-3-10-21-32)28-15-29-39(43)45-47-37-27-14-25-35(31-18-7-2-8-19-31)41(37)33-22-11-4-12-23-33/h13-14,24-27,30-33H,1-12,15-23,28-29H2. The van der Waals surface area contributed by atoms with Gasteiger partial charge in [-0.3, -0.25) is 9.59 Å². The monoisotopic (exact) mass is 668 g/mol. The van der Waals surface area contributed by atoms with Crippen molar-refractivity contribution in [1.29, 1.82) is 0 Å². The van der Waals surface area contributed by atoms with Crippen LogP contribution in [0.1, 0.15) is 194 Å². The number of benzene rings is 2. The minimum Gasteiger partial charge on any atom is -0.511 e. The van der Waals surface area contributed by atoms with Gasteiger partial charge in [0.1, 0.15) is 0 Å². The van der Waals surface area contributed by atoms with Crippen LogP contribution in [0.15, 0.2) is 36.4 Å². The summed E-state index contributed by atoms with van der Waals surface area (Å²) in [4.78, 5) is 25.8. The van der Waals surface area contributed by atoms with E-state index in [9.17, 15) is 9.59 Å². The number of carbonyl (C=O) groups is 2. The lowest BCUT2D eigenvalue weighted by Crippen LogP contribution is -2.29. The van der Waals surface area contributed by atoms with Crippen molar-refractivity contribution >= 4 is 41.8 Å². The summed E-state index contributed by atoms with van der Waals surface area (Å²) in [6.45, 7) is 0. The molecule has 0 heterocycles. The molecule has 252 valence electrons. The molecule has 2 aromatic rings. The topological polar surface area (TPSA) is 52.6 Å². The second-order valence-corrected chi connectivity index (χ2v) is 16.9. The van der Waals surface area contributed by atoms with E-state index in [0.717, 1.165) is 0 Å². The van der Waals surface area contributed by atoms with Crippen molar-refractivity contribution in [3.63, 3.8) is 0 Å². The van der Waals surface area contributed by atoms with Gasteiger partial charge in [-0.05, 0) is 114 Å². The lowest BCUT2D eigenvalue weighted by atomic mass is 9.76. The fraction of sp³-hybridized carbons (Fsp3) is 0.659. The van der Waals surface area contributed by atoms with Crippen LogP contribution in [0.4, 0.5) is 0 Å². The predicted molar refractivity (Wildman–Crippen MR) is 193 cm³/mol. The Bertz CT molecular complexity index is 1200. The van der Waals surface area contributed by atoms with Crippen molar-refractivity contribution in [2.24, 2.45) is 0 Å². The Morgan fingerprint density at radius 1 is 0.489 bits per heavy atom. The molecule has 0 atom stereocenters. The highest BCUT2D eigenvalue weighted by Gasteiger charge is 2.29. The van der Waals surface area contributed by atoms with Gasteiger partial charge < -0.3 is 8.85 Å². The third-order valence-electron chi connectivity index (χ3n) is 11.7. The highest BCUT2D eigenvalue weighted by atomic mass is 28.2. The molecule has 0 spiro atoms. The van der Waals surface area contributed by atoms with Crippen LogP contribution in [0.5, 0.6) is 0 Å². The first-order chi connectivity index (χ1) is 23.2. The van der Waals surface area contributed by atoms with E-state index in [-0.39, 0.29) is 44.3 Å². The van der Waals surface area contributed by atoms with Gasteiger partial charge in [0.2, 0.25) is 0 Å². The summed E-state index contributed by atoms with van der Waals surface area (Å²) in [7, 11) is 0.0835. The first-order valence-electron chi connectivity index (χ1n) is 19.3. The van der Waals surface area contributed by atoms with Gasteiger partial charge in [-0.1, -0.05) is 113 Å². The summed E-state index contributed by atoms with van der Waals surface area (Å²) in [6.07, 6.45) is 27.1. The van der Waals surface area contributed by atoms with Crippen molar-refractivity contribution in [2.75, 3.05) is 0 Å². The maximum absolute atomic E-state index is 12.9. The van der Waals surface area contributed by atoms with Gasteiger partial charge in [-0.15, -0.1) is 0 Å². The molecule has 4 saturated carbocycles. The van der Waals surface area contributed by atoms with Gasteiger partial charge in [0, 0.05) is 12.8 Å². The van der Waals surface area contributed by atoms with E-state index < -0.39 is 0 Å². The summed E-state index contributed by atoms with van der Waals surface area (Å²) in [6, 6.07) is 13.5. The Hall–Kier alpha value is -2.19. The Balaban J connectivity index is 1.01. The normalized spacial score (nSPS) is 20.6. The summed E-state index contributed by atoms with van der Waals surface area (Å²) < 4.78 is 11.8. The lowest BCUT2D eigenvalue weighted by molar-refractivity contribution is -0.135. The molecule has 4 aliphatic rings. The largest absolute Gasteiger partial charge is 0.511 e. The van der Waals surface area contributed by atoms with Crippen molar-refractivity contribution in [3.8, 4) is 0 Å². The summed E-state index contributed by atoms with van der Waals surface area (Å²) in [5.41, 5.74) is 6.10. The molecule has 0 aliphatic heterocycles. The van der Waals surface area contributed by atoms with Crippen LogP contribution in [0.2, 0.25) is 0 Å². The molecule has 0 bridgehead atoms. The molecule has 6 rings (SSSR count). The minimum absolute atomic E-state index is 0.0418. The second-order valence-electron chi connectivity index (χ2n) is 15.0. The van der Waals surface area contributed by atoms with E-state index in [1.54, 1.807) is 0 Å². The van der Waals surface area contributed by atoms with E-state index in [1.807, 2.05) is 0 Å². The van der Waals surface area contributed by atoms with Crippen LogP contribution in [-0.4, -0.2) is 31.5 Å². The quantitative estimate of drug-likeness (QED) is 0.212. The maximum Gasteiger partial charge on any atom is 0.355 e. The highest BCUT2D eigenvalue weighted by molar-refractivity contribution is 6.50. The molecule has 0 amide bonds. The molecule has 0 N–H and O–H groups in total. The van der Waals surface area contributed by atoms with Crippen LogP contribution in [0.3, 0.4) is 0 Å². The second kappa shape index (κ2) is 18.0. The van der Waals surface area contributed by atoms with Gasteiger partial charge >= 0.3 is 19.5 Å². The third-order valence-corrected chi connectivity index (χ3v) is 13.7. The SMILES string of the molecule is O=C(CCCC(=O)O[Si]c1cccc(C2CCCCC2)c1C1CCCCC1)O[Si]c1cccc(C2CCCCC2)c1C1CCCCC1. The average molecular weight is 669 g/mol. The predicted octanol–water partition coefficient (Wildman–Crippen LogP) is 9.32. The molecule has 2 aromatic carbocycles. The first-order valence-corrected chi connectivity index (χ1v) is 21.2.